The summed E-state index contributed by atoms with van der Waals surface area (Å²) in [5, 5.41) is 12.5. The highest BCUT2D eigenvalue weighted by molar-refractivity contribution is 5.93. The van der Waals surface area contributed by atoms with Gasteiger partial charge in [0.25, 0.3) is 0 Å². The van der Waals surface area contributed by atoms with E-state index in [1.54, 1.807) is 0 Å². The van der Waals surface area contributed by atoms with Crippen molar-refractivity contribution in [3.63, 3.8) is 0 Å². The highest BCUT2D eigenvalue weighted by atomic mass is 16.2. The van der Waals surface area contributed by atoms with Gasteiger partial charge in [0.05, 0.1) is 12.6 Å². The van der Waals surface area contributed by atoms with Crippen LogP contribution in [0.4, 0.5) is 5.69 Å². The Hall–Kier alpha value is -1.90. The number of nitrogens with one attached hydrogen (secondary N) is 1. The minimum atomic E-state index is -0.0329. The molecule has 5 nitrogen and oxygen atoms in total. The summed E-state index contributed by atoms with van der Waals surface area (Å²) in [6, 6.07) is 8.61. The molecule has 1 heterocycles. The van der Waals surface area contributed by atoms with E-state index in [1.807, 2.05) is 0 Å². The van der Waals surface area contributed by atoms with Gasteiger partial charge in [-0.2, -0.15) is 5.26 Å². The fraction of sp³-hybridized carbons (Fsp3) is 0.619. The Morgan fingerprint density at radius 3 is 2.19 bits per heavy atom. The molecule has 1 aliphatic rings. The molecule has 0 bridgehead atoms. The minimum absolute atomic E-state index is 0.0329. The van der Waals surface area contributed by atoms with Gasteiger partial charge < -0.3 is 5.32 Å². The SMILES string of the molecule is CCc1cccc(CC)c1NC(=O)CN1CCN(C(C#N)C(C)C)CC1. The Morgan fingerprint density at radius 2 is 1.73 bits per heavy atom. The number of nitrogens with zero attached hydrogens (tertiary/aromatic N) is 3. The Bertz CT molecular complexity index is 620. The van der Waals surface area contributed by atoms with Crippen LogP contribution in [0.1, 0.15) is 38.8 Å². The predicted octanol–water partition coefficient (Wildman–Crippen LogP) is 2.92. The van der Waals surface area contributed by atoms with Gasteiger partial charge >= 0.3 is 0 Å². The Labute approximate surface area is 158 Å². The van der Waals surface area contributed by atoms with Gasteiger partial charge in [0.1, 0.15) is 6.04 Å². The molecular formula is C21H32N4O. The molecule has 0 saturated carbocycles. The first-order valence-corrected chi connectivity index (χ1v) is 9.76. The molecule has 1 aromatic rings. The van der Waals surface area contributed by atoms with Gasteiger partial charge in [-0.05, 0) is 29.9 Å². The molecule has 0 radical (unpaired) electrons. The second kappa shape index (κ2) is 9.70. The fourth-order valence-electron chi connectivity index (χ4n) is 3.64. The molecule has 0 aromatic heterocycles. The van der Waals surface area contributed by atoms with Crippen molar-refractivity contribution in [2.45, 2.75) is 46.6 Å². The summed E-state index contributed by atoms with van der Waals surface area (Å²) in [4.78, 5) is 17.0. The van der Waals surface area contributed by atoms with E-state index in [2.05, 4.69) is 67.1 Å². The topological polar surface area (TPSA) is 59.4 Å². The van der Waals surface area contributed by atoms with Crippen molar-refractivity contribution in [2.24, 2.45) is 5.92 Å². The van der Waals surface area contributed by atoms with Gasteiger partial charge in [-0.1, -0.05) is 45.9 Å². The lowest BCUT2D eigenvalue weighted by atomic mass is 10.0. The molecule has 1 aromatic carbocycles. The van der Waals surface area contributed by atoms with Crippen LogP contribution in [0.3, 0.4) is 0 Å². The summed E-state index contributed by atoms with van der Waals surface area (Å²) < 4.78 is 0. The zero-order chi connectivity index (χ0) is 19.1. The lowest BCUT2D eigenvalue weighted by Gasteiger charge is -2.37. The van der Waals surface area contributed by atoms with E-state index in [1.165, 1.54) is 11.1 Å². The monoisotopic (exact) mass is 356 g/mol. The number of carbonyl (C=O) groups is 1. The van der Waals surface area contributed by atoms with Crippen LogP contribution in [0.2, 0.25) is 0 Å². The zero-order valence-electron chi connectivity index (χ0n) is 16.6. The van der Waals surface area contributed by atoms with E-state index in [-0.39, 0.29) is 11.9 Å². The summed E-state index contributed by atoms with van der Waals surface area (Å²) in [7, 11) is 0. The lowest BCUT2D eigenvalue weighted by Crippen LogP contribution is -2.52. The standard InChI is InChI=1S/C21H32N4O/c1-5-17-8-7-9-18(6-2)21(17)23-20(26)15-24-10-12-25(13-11-24)19(14-22)16(3)4/h7-9,16,19H,5-6,10-13,15H2,1-4H3,(H,23,26). The van der Waals surface area contributed by atoms with Crippen molar-refractivity contribution in [2.75, 3.05) is 38.0 Å². The van der Waals surface area contributed by atoms with E-state index in [4.69, 9.17) is 0 Å². The number of carbonyl (C=O) groups excluding carboxylic acids is 1. The van der Waals surface area contributed by atoms with Crippen molar-refractivity contribution < 1.29 is 4.79 Å². The minimum Gasteiger partial charge on any atom is -0.324 e. The summed E-state index contributed by atoms with van der Waals surface area (Å²) >= 11 is 0. The van der Waals surface area contributed by atoms with Crippen LogP contribution in [0.15, 0.2) is 18.2 Å². The van der Waals surface area contributed by atoms with E-state index < -0.39 is 0 Å². The lowest BCUT2D eigenvalue weighted by molar-refractivity contribution is -0.117. The summed E-state index contributed by atoms with van der Waals surface area (Å²) in [6.07, 6.45) is 1.82. The van der Waals surface area contributed by atoms with E-state index in [9.17, 15) is 10.1 Å². The number of benzene rings is 1. The number of para-hydroxylation sites is 1. The Balaban J connectivity index is 1.92. The first-order chi connectivity index (χ1) is 12.5. The summed E-state index contributed by atoms with van der Waals surface area (Å²) in [5.41, 5.74) is 3.37. The number of amides is 1. The quantitative estimate of drug-likeness (QED) is 0.816. The number of hydrogen-bond donors (Lipinski definition) is 1. The molecule has 1 fully saturated rings. The molecule has 26 heavy (non-hydrogen) atoms. The molecule has 0 aliphatic carbocycles. The van der Waals surface area contributed by atoms with Crippen molar-refractivity contribution >= 4 is 11.6 Å². The molecule has 1 aliphatic heterocycles. The van der Waals surface area contributed by atoms with Gasteiger partial charge in [-0.15, -0.1) is 0 Å². The number of anilines is 1. The predicted molar refractivity (Wildman–Crippen MR) is 106 cm³/mol. The molecule has 1 unspecified atom stereocenters. The largest absolute Gasteiger partial charge is 0.324 e. The van der Waals surface area contributed by atoms with Gasteiger partial charge in [0.15, 0.2) is 0 Å². The van der Waals surface area contributed by atoms with E-state index in [0.717, 1.165) is 44.7 Å². The smallest absolute Gasteiger partial charge is 0.238 e. The fourth-order valence-corrected chi connectivity index (χ4v) is 3.64. The molecular weight excluding hydrogens is 324 g/mol. The molecule has 1 atom stereocenters. The first kappa shape index (κ1) is 20.4. The maximum Gasteiger partial charge on any atom is 0.238 e. The van der Waals surface area contributed by atoms with Crippen molar-refractivity contribution in [3.8, 4) is 6.07 Å². The first-order valence-electron chi connectivity index (χ1n) is 9.76. The third-order valence-corrected chi connectivity index (χ3v) is 5.19. The van der Waals surface area contributed by atoms with Gasteiger partial charge in [-0.25, -0.2) is 0 Å². The molecule has 1 saturated heterocycles. The second-order valence-corrected chi connectivity index (χ2v) is 7.34. The maximum atomic E-state index is 12.6. The van der Waals surface area contributed by atoms with Gasteiger partial charge in [0, 0.05) is 31.9 Å². The van der Waals surface area contributed by atoms with E-state index >= 15 is 0 Å². The van der Waals surface area contributed by atoms with Crippen LogP contribution in [-0.4, -0.2) is 54.5 Å². The number of aryl methyl sites for hydroxylation is 2. The van der Waals surface area contributed by atoms with Crippen LogP contribution in [0, 0.1) is 17.2 Å². The number of hydrogen-bond acceptors (Lipinski definition) is 4. The third-order valence-electron chi connectivity index (χ3n) is 5.19. The Kier molecular flexibility index (Phi) is 7.62. The number of piperazine rings is 1. The third kappa shape index (κ3) is 5.06. The van der Waals surface area contributed by atoms with Crippen LogP contribution in [-0.2, 0) is 17.6 Å². The molecule has 2 rings (SSSR count). The summed E-state index contributed by atoms with van der Waals surface area (Å²) in [5.74, 6) is 0.377. The molecule has 1 N–H and O–H groups in total. The average molecular weight is 357 g/mol. The molecule has 142 valence electrons. The van der Waals surface area contributed by atoms with Gasteiger partial charge in [0.2, 0.25) is 5.91 Å². The number of nitriles is 1. The second-order valence-electron chi connectivity index (χ2n) is 7.34. The average Bonchev–Trinajstić information content (AvgIpc) is 2.63. The van der Waals surface area contributed by atoms with Crippen LogP contribution >= 0.6 is 0 Å². The molecule has 5 heteroatoms. The normalized spacial score (nSPS) is 17.1. The highest BCUT2D eigenvalue weighted by Gasteiger charge is 2.26. The zero-order valence-corrected chi connectivity index (χ0v) is 16.6. The van der Waals surface area contributed by atoms with Gasteiger partial charge in [-0.3, -0.25) is 14.6 Å². The van der Waals surface area contributed by atoms with Crippen LogP contribution in [0.5, 0.6) is 0 Å². The molecule has 0 spiro atoms. The summed E-state index contributed by atoms with van der Waals surface area (Å²) in [6.45, 7) is 12.2. The number of rotatable bonds is 7. The van der Waals surface area contributed by atoms with Crippen LogP contribution < -0.4 is 5.32 Å². The van der Waals surface area contributed by atoms with Crippen molar-refractivity contribution in [3.05, 3.63) is 29.3 Å². The van der Waals surface area contributed by atoms with Crippen molar-refractivity contribution in [1.82, 2.24) is 9.80 Å². The van der Waals surface area contributed by atoms with Crippen LogP contribution in [0.25, 0.3) is 0 Å². The van der Waals surface area contributed by atoms with E-state index in [0.29, 0.717) is 12.5 Å². The molecule has 1 amide bonds. The van der Waals surface area contributed by atoms with Crippen molar-refractivity contribution in [1.29, 1.82) is 5.26 Å². The highest BCUT2D eigenvalue weighted by Crippen LogP contribution is 2.22. The maximum absolute atomic E-state index is 12.6. The Morgan fingerprint density at radius 1 is 1.15 bits per heavy atom.